The molecular weight excluding hydrogens is 198 g/mol. The molecule has 16 heavy (non-hydrogen) atoms. The van der Waals surface area contributed by atoms with E-state index >= 15 is 0 Å². The topological polar surface area (TPSA) is 34.2 Å². The van der Waals surface area contributed by atoms with Gasteiger partial charge in [0.1, 0.15) is 0 Å². The van der Waals surface area contributed by atoms with Gasteiger partial charge in [-0.1, -0.05) is 6.07 Å². The summed E-state index contributed by atoms with van der Waals surface area (Å²) in [6, 6.07) is 8.36. The third-order valence-electron chi connectivity index (χ3n) is 2.81. The average Bonchev–Trinajstić information content (AvgIpc) is 2.53. The van der Waals surface area contributed by atoms with E-state index in [4.69, 9.17) is 5.73 Å². The lowest BCUT2D eigenvalue weighted by molar-refractivity contribution is 0.389. The SMILES string of the molecule is CCn1c(CN(C)C)cc2ccc(N)cc21. The third-order valence-corrected chi connectivity index (χ3v) is 2.81. The van der Waals surface area contributed by atoms with Crippen LogP contribution in [0.4, 0.5) is 5.69 Å². The number of rotatable bonds is 3. The highest BCUT2D eigenvalue weighted by Gasteiger charge is 2.08. The first-order valence-electron chi connectivity index (χ1n) is 5.64. The predicted molar refractivity (Wildman–Crippen MR) is 69.4 cm³/mol. The molecule has 3 heteroatoms. The Morgan fingerprint density at radius 2 is 2.00 bits per heavy atom. The summed E-state index contributed by atoms with van der Waals surface area (Å²) in [6.45, 7) is 4.11. The maximum atomic E-state index is 5.83. The summed E-state index contributed by atoms with van der Waals surface area (Å²) in [5.41, 5.74) is 9.24. The van der Waals surface area contributed by atoms with Gasteiger partial charge in [0.25, 0.3) is 0 Å². The van der Waals surface area contributed by atoms with Gasteiger partial charge in [0, 0.05) is 29.9 Å². The number of hydrogen-bond acceptors (Lipinski definition) is 2. The number of nitrogen functional groups attached to an aromatic ring is 1. The highest BCUT2D eigenvalue weighted by atomic mass is 15.1. The normalized spacial score (nSPS) is 11.5. The van der Waals surface area contributed by atoms with Crippen LogP contribution >= 0.6 is 0 Å². The van der Waals surface area contributed by atoms with Gasteiger partial charge in [0.05, 0.1) is 5.52 Å². The highest BCUT2D eigenvalue weighted by Crippen LogP contribution is 2.23. The van der Waals surface area contributed by atoms with Gasteiger partial charge in [0.2, 0.25) is 0 Å². The van der Waals surface area contributed by atoms with Gasteiger partial charge in [-0.15, -0.1) is 0 Å². The first kappa shape index (κ1) is 11.0. The molecule has 0 saturated heterocycles. The number of nitrogens with two attached hydrogens (primary N) is 1. The zero-order valence-electron chi connectivity index (χ0n) is 10.2. The van der Waals surface area contributed by atoms with Crippen LogP contribution in [0, 0.1) is 0 Å². The average molecular weight is 217 g/mol. The van der Waals surface area contributed by atoms with Crippen molar-refractivity contribution >= 4 is 16.6 Å². The Morgan fingerprint density at radius 1 is 1.25 bits per heavy atom. The van der Waals surface area contributed by atoms with Crippen LogP contribution in [0.2, 0.25) is 0 Å². The molecule has 0 aliphatic rings. The fourth-order valence-electron chi connectivity index (χ4n) is 2.16. The van der Waals surface area contributed by atoms with Gasteiger partial charge >= 0.3 is 0 Å². The van der Waals surface area contributed by atoms with Crippen LogP contribution in [0.25, 0.3) is 10.9 Å². The monoisotopic (exact) mass is 217 g/mol. The van der Waals surface area contributed by atoms with Crippen molar-refractivity contribution in [3.63, 3.8) is 0 Å². The summed E-state index contributed by atoms with van der Waals surface area (Å²) < 4.78 is 2.33. The first-order valence-corrected chi connectivity index (χ1v) is 5.64. The molecule has 2 N–H and O–H groups in total. The second-order valence-electron chi connectivity index (χ2n) is 4.44. The summed E-state index contributed by atoms with van der Waals surface area (Å²) >= 11 is 0. The summed E-state index contributed by atoms with van der Waals surface area (Å²) in [5.74, 6) is 0. The van der Waals surface area contributed by atoms with Crippen molar-refractivity contribution in [3.05, 3.63) is 30.0 Å². The lowest BCUT2D eigenvalue weighted by Gasteiger charge is -2.12. The van der Waals surface area contributed by atoms with E-state index in [1.807, 2.05) is 6.07 Å². The summed E-state index contributed by atoms with van der Waals surface area (Å²) in [7, 11) is 4.18. The minimum absolute atomic E-state index is 0.830. The fraction of sp³-hybridized carbons (Fsp3) is 0.385. The van der Waals surface area contributed by atoms with E-state index in [1.165, 1.54) is 16.6 Å². The van der Waals surface area contributed by atoms with E-state index in [1.54, 1.807) is 0 Å². The van der Waals surface area contributed by atoms with Gasteiger partial charge in [-0.05, 0) is 39.2 Å². The van der Waals surface area contributed by atoms with Crippen LogP contribution in [-0.4, -0.2) is 23.6 Å². The van der Waals surface area contributed by atoms with Gasteiger partial charge in [-0.25, -0.2) is 0 Å². The molecule has 0 atom stereocenters. The van der Waals surface area contributed by atoms with Gasteiger partial charge < -0.3 is 15.2 Å². The lowest BCUT2D eigenvalue weighted by atomic mass is 10.2. The Kier molecular flexibility index (Phi) is 2.88. The van der Waals surface area contributed by atoms with Crippen LogP contribution in [0.3, 0.4) is 0 Å². The van der Waals surface area contributed by atoms with Crippen molar-refractivity contribution in [2.45, 2.75) is 20.0 Å². The Hall–Kier alpha value is -1.48. The summed E-state index contributed by atoms with van der Waals surface area (Å²) in [4.78, 5) is 2.18. The summed E-state index contributed by atoms with van der Waals surface area (Å²) in [5, 5.41) is 1.27. The van der Waals surface area contributed by atoms with E-state index in [-0.39, 0.29) is 0 Å². The molecule has 0 aliphatic heterocycles. The molecule has 1 heterocycles. The fourth-order valence-corrected chi connectivity index (χ4v) is 2.16. The summed E-state index contributed by atoms with van der Waals surface area (Å²) in [6.07, 6.45) is 0. The zero-order chi connectivity index (χ0) is 11.7. The Labute approximate surface area is 96.5 Å². The Morgan fingerprint density at radius 3 is 2.62 bits per heavy atom. The molecule has 0 saturated carbocycles. The standard InChI is InChI=1S/C13H19N3/c1-4-16-12(9-15(2)3)7-10-5-6-11(14)8-13(10)16/h5-8H,4,9,14H2,1-3H3. The quantitative estimate of drug-likeness (QED) is 0.800. The Bertz CT molecular complexity index is 497. The van der Waals surface area contributed by atoms with Crippen LogP contribution in [0.15, 0.2) is 24.3 Å². The molecule has 3 nitrogen and oxygen atoms in total. The number of aromatic nitrogens is 1. The van der Waals surface area contributed by atoms with Gasteiger partial charge in [0.15, 0.2) is 0 Å². The van der Waals surface area contributed by atoms with Crippen molar-refractivity contribution in [1.29, 1.82) is 0 Å². The number of nitrogens with zero attached hydrogens (tertiary/aromatic N) is 2. The molecule has 0 fully saturated rings. The molecule has 0 amide bonds. The van der Waals surface area contributed by atoms with E-state index in [9.17, 15) is 0 Å². The van der Waals surface area contributed by atoms with E-state index in [0.29, 0.717) is 0 Å². The third kappa shape index (κ3) is 1.91. The number of hydrogen-bond donors (Lipinski definition) is 1. The van der Waals surface area contributed by atoms with E-state index in [2.05, 4.69) is 48.7 Å². The van der Waals surface area contributed by atoms with Crippen LogP contribution in [0.5, 0.6) is 0 Å². The minimum atomic E-state index is 0.830. The van der Waals surface area contributed by atoms with Crippen LogP contribution < -0.4 is 5.73 Å². The molecule has 86 valence electrons. The van der Waals surface area contributed by atoms with Crippen LogP contribution in [0.1, 0.15) is 12.6 Å². The number of anilines is 1. The smallest absolute Gasteiger partial charge is 0.0503 e. The second-order valence-corrected chi connectivity index (χ2v) is 4.44. The molecular formula is C13H19N3. The lowest BCUT2D eigenvalue weighted by Crippen LogP contribution is -2.14. The molecule has 0 aliphatic carbocycles. The molecule has 0 radical (unpaired) electrons. The van der Waals surface area contributed by atoms with Crippen molar-refractivity contribution in [2.75, 3.05) is 19.8 Å². The second kappa shape index (κ2) is 4.18. The number of benzene rings is 1. The highest BCUT2D eigenvalue weighted by molar-refractivity contribution is 5.84. The van der Waals surface area contributed by atoms with Gasteiger partial charge in [-0.2, -0.15) is 0 Å². The maximum absolute atomic E-state index is 5.83. The van der Waals surface area contributed by atoms with Crippen molar-refractivity contribution in [1.82, 2.24) is 9.47 Å². The molecule has 0 unspecified atom stereocenters. The molecule has 0 bridgehead atoms. The van der Waals surface area contributed by atoms with Crippen molar-refractivity contribution in [2.24, 2.45) is 0 Å². The molecule has 0 spiro atoms. The maximum Gasteiger partial charge on any atom is 0.0503 e. The molecule has 1 aromatic carbocycles. The molecule has 2 aromatic rings. The largest absolute Gasteiger partial charge is 0.399 e. The van der Waals surface area contributed by atoms with Crippen molar-refractivity contribution < 1.29 is 0 Å². The van der Waals surface area contributed by atoms with Crippen LogP contribution in [-0.2, 0) is 13.1 Å². The van der Waals surface area contributed by atoms with Gasteiger partial charge in [-0.3, -0.25) is 0 Å². The minimum Gasteiger partial charge on any atom is -0.399 e. The molecule has 1 aromatic heterocycles. The molecule has 2 rings (SSSR count). The first-order chi connectivity index (χ1) is 7.61. The Balaban J connectivity index is 2.57. The van der Waals surface area contributed by atoms with E-state index < -0.39 is 0 Å². The number of aryl methyl sites for hydroxylation is 1. The number of fused-ring (bicyclic) bond motifs is 1. The van der Waals surface area contributed by atoms with E-state index in [0.717, 1.165) is 18.8 Å². The predicted octanol–water partition coefficient (Wildman–Crippen LogP) is 2.30. The zero-order valence-corrected chi connectivity index (χ0v) is 10.2. The van der Waals surface area contributed by atoms with Crippen molar-refractivity contribution in [3.8, 4) is 0 Å².